The van der Waals surface area contributed by atoms with Crippen molar-refractivity contribution in [2.24, 2.45) is 0 Å². The molecule has 0 bridgehead atoms. The van der Waals surface area contributed by atoms with Crippen LogP contribution in [0.5, 0.6) is 5.75 Å². The normalized spacial score (nSPS) is 10.2. The molecular formula is C16H16INO2. The molecule has 104 valence electrons. The van der Waals surface area contributed by atoms with E-state index in [0.29, 0.717) is 11.3 Å². The number of methoxy groups -OCH3 is 1. The average Bonchev–Trinajstić information content (AvgIpc) is 2.44. The molecule has 0 saturated heterocycles. The smallest absolute Gasteiger partial charge is 0.255 e. The Morgan fingerprint density at radius 1 is 1.15 bits per heavy atom. The molecule has 0 saturated carbocycles. The lowest BCUT2D eigenvalue weighted by atomic mass is 10.1. The number of rotatable bonds is 3. The number of halogens is 1. The molecule has 1 amide bonds. The second kappa shape index (κ2) is 6.26. The SMILES string of the molecule is COc1cccc(C(=O)Nc2cc(C)c(I)cc2C)c1. The molecule has 2 aromatic rings. The molecule has 0 aliphatic heterocycles. The first-order chi connectivity index (χ1) is 9.51. The molecule has 2 aromatic carbocycles. The Bertz CT molecular complexity index is 653. The second-order valence-corrected chi connectivity index (χ2v) is 5.76. The van der Waals surface area contributed by atoms with Crippen molar-refractivity contribution in [3.05, 3.63) is 56.7 Å². The van der Waals surface area contributed by atoms with Crippen LogP contribution in [0.2, 0.25) is 0 Å². The lowest BCUT2D eigenvalue weighted by Crippen LogP contribution is -2.13. The van der Waals surface area contributed by atoms with Crippen LogP contribution in [0.25, 0.3) is 0 Å². The summed E-state index contributed by atoms with van der Waals surface area (Å²) in [5.41, 5.74) is 3.63. The number of hydrogen-bond donors (Lipinski definition) is 1. The summed E-state index contributed by atoms with van der Waals surface area (Å²) < 4.78 is 6.33. The van der Waals surface area contributed by atoms with E-state index in [9.17, 15) is 4.79 Å². The third-order valence-electron chi connectivity index (χ3n) is 3.09. The quantitative estimate of drug-likeness (QED) is 0.811. The van der Waals surface area contributed by atoms with Crippen LogP contribution >= 0.6 is 22.6 Å². The van der Waals surface area contributed by atoms with E-state index in [1.165, 1.54) is 3.57 Å². The van der Waals surface area contributed by atoms with Gasteiger partial charge in [-0.1, -0.05) is 6.07 Å². The van der Waals surface area contributed by atoms with Crippen molar-refractivity contribution in [3.63, 3.8) is 0 Å². The fourth-order valence-electron chi connectivity index (χ4n) is 1.87. The van der Waals surface area contributed by atoms with Gasteiger partial charge in [-0.2, -0.15) is 0 Å². The maximum absolute atomic E-state index is 12.3. The van der Waals surface area contributed by atoms with Crippen molar-refractivity contribution >= 4 is 34.2 Å². The summed E-state index contributed by atoms with van der Waals surface area (Å²) in [6.45, 7) is 4.02. The van der Waals surface area contributed by atoms with Crippen LogP contribution < -0.4 is 10.1 Å². The van der Waals surface area contributed by atoms with Gasteiger partial charge in [0.25, 0.3) is 5.91 Å². The minimum Gasteiger partial charge on any atom is -0.497 e. The fourth-order valence-corrected chi connectivity index (χ4v) is 2.50. The van der Waals surface area contributed by atoms with Crippen LogP contribution in [0.4, 0.5) is 5.69 Å². The van der Waals surface area contributed by atoms with Crippen LogP contribution in [-0.4, -0.2) is 13.0 Å². The standard InChI is InChI=1S/C16H16INO2/c1-10-8-15(11(2)7-14(10)17)18-16(19)12-5-4-6-13(9-12)20-3/h4-9H,1-3H3,(H,18,19). The molecule has 0 spiro atoms. The van der Waals surface area contributed by atoms with Crippen molar-refractivity contribution in [2.45, 2.75) is 13.8 Å². The third-order valence-corrected chi connectivity index (χ3v) is 4.25. The largest absolute Gasteiger partial charge is 0.497 e. The van der Waals surface area contributed by atoms with Gasteiger partial charge in [0.05, 0.1) is 7.11 Å². The fraction of sp³-hybridized carbons (Fsp3) is 0.188. The van der Waals surface area contributed by atoms with Gasteiger partial charge in [-0.25, -0.2) is 0 Å². The van der Waals surface area contributed by atoms with E-state index in [-0.39, 0.29) is 5.91 Å². The van der Waals surface area contributed by atoms with Gasteiger partial charge < -0.3 is 10.1 Å². The van der Waals surface area contributed by atoms with Crippen LogP contribution in [0.3, 0.4) is 0 Å². The van der Waals surface area contributed by atoms with E-state index in [1.807, 2.05) is 26.0 Å². The van der Waals surface area contributed by atoms with Gasteiger partial charge in [0.15, 0.2) is 0 Å². The zero-order chi connectivity index (χ0) is 14.7. The van der Waals surface area contributed by atoms with Gasteiger partial charge in [0.1, 0.15) is 5.75 Å². The minimum absolute atomic E-state index is 0.132. The molecule has 0 heterocycles. The predicted octanol–water partition coefficient (Wildman–Crippen LogP) is 4.17. The van der Waals surface area contributed by atoms with Gasteiger partial charge in [0, 0.05) is 14.8 Å². The monoisotopic (exact) mass is 381 g/mol. The van der Waals surface area contributed by atoms with E-state index in [4.69, 9.17) is 4.74 Å². The van der Waals surface area contributed by atoms with E-state index in [2.05, 4.69) is 34.0 Å². The molecule has 3 nitrogen and oxygen atoms in total. The zero-order valence-electron chi connectivity index (χ0n) is 11.7. The molecular weight excluding hydrogens is 365 g/mol. The number of anilines is 1. The number of aryl methyl sites for hydroxylation is 2. The summed E-state index contributed by atoms with van der Waals surface area (Å²) >= 11 is 2.29. The van der Waals surface area contributed by atoms with Crippen molar-refractivity contribution in [1.29, 1.82) is 0 Å². The molecule has 0 fully saturated rings. The molecule has 1 N–H and O–H groups in total. The highest BCUT2D eigenvalue weighted by Gasteiger charge is 2.10. The highest BCUT2D eigenvalue weighted by atomic mass is 127. The van der Waals surface area contributed by atoms with E-state index >= 15 is 0 Å². The summed E-state index contributed by atoms with van der Waals surface area (Å²) in [5, 5.41) is 2.95. The molecule has 2 rings (SSSR count). The van der Waals surface area contributed by atoms with Crippen molar-refractivity contribution in [1.82, 2.24) is 0 Å². The second-order valence-electron chi connectivity index (χ2n) is 4.60. The van der Waals surface area contributed by atoms with Crippen LogP contribution in [0.15, 0.2) is 36.4 Å². The highest BCUT2D eigenvalue weighted by Crippen LogP contribution is 2.23. The van der Waals surface area contributed by atoms with Crippen molar-refractivity contribution in [3.8, 4) is 5.75 Å². The molecule has 0 aliphatic carbocycles. The molecule has 0 radical (unpaired) electrons. The summed E-state index contributed by atoms with van der Waals surface area (Å²) in [6.07, 6.45) is 0. The van der Waals surface area contributed by atoms with Crippen LogP contribution in [-0.2, 0) is 0 Å². The molecule has 0 aromatic heterocycles. The summed E-state index contributed by atoms with van der Waals surface area (Å²) in [7, 11) is 1.59. The topological polar surface area (TPSA) is 38.3 Å². The van der Waals surface area contributed by atoms with E-state index < -0.39 is 0 Å². The number of nitrogens with one attached hydrogen (secondary N) is 1. The Balaban J connectivity index is 2.25. The van der Waals surface area contributed by atoms with Gasteiger partial charge in [-0.05, 0) is 77.9 Å². The number of hydrogen-bond acceptors (Lipinski definition) is 2. The average molecular weight is 381 g/mol. The number of amides is 1. The molecule has 0 aliphatic rings. The Morgan fingerprint density at radius 2 is 1.90 bits per heavy atom. The van der Waals surface area contributed by atoms with Gasteiger partial charge >= 0.3 is 0 Å². The maximum Gasteiger partial charge on any atom is 0.255 e. The van der Waals surface area contributed by atoms with E-state index in [0.717, 1.165) is 16.8 Å². The molecule has 20 heavy (non-hydrogen) atoms. The van der Waals surface area contributed by atoms with E-state index in [1.54, 1.807) is 25.3 Å². The van der Waals surface area contributed by atoms with Crippen molar-refractivity contribution in [2.75, 3.05) is 12.4 Å². The summed E-state index contributed by atoms with van der Waals surface area (Å²) in [4.78, 5) is 12.3. The Labute approximate surface area is 132 Å². The Morgan fingerprint density at radius 3 is 2.60 bits per heavy atom. The first-order valence-corrected chi connectivity index (χ1v) is 7.31. The minimum atomic E-state index is -0.132. The first-order valence-electron chi connectivity index (χ1n) is 6.23. The lowest BCUT2D eigenvalue weighted by Gasteiger charge is -2.11. The molecule has 4 heteroatoms. The molecule has 0 atom stereocenters. The first kappa shape index (κ1) is 14.8. The number of benzene rings is 2. The number of ether oxygens (including phenoxy) is 1. The predicted molar refractivity (Wildman–Crippen MR) is 89.6 cm³/mol. The summed E-state index contributed by atoms with van der Waals surface area (Å²) in [6, 6.07) is 11.2. The molecule has 0 unspecified atom stereocenters. The van der Waals surface area contributed by atoms with Crippen molar-refractivity contribution < 1.29 is 9.53 Å². The zero-order valence-corrected chi connectivity index (χ0v) is 13.8. The highest BCUT2D eigenvalue weighted by molar-refractivity contribution is 14.1. The van der Waals surface area contributed by atoms with Gasteiger partial charge in [-0.3, -0.25) is 4.79 Å². The number of carbonyl (C=O) groups excluding carboxylic acids is 1. The maximum atomic E-state index is 12.3. The third kappa shape index (κ3) is 3.30. The lowest BCUT2D eigenvalue weighted by molar-refractivity contribution is 0.102. The summed E-state index contributed by atoms with van der Waals surface area (Å²) in [5.74, 6) is 0.542. The van der Waals surface area contributed by atoms with Crippen LogP contribution in [0.1, 0.15) is 21.5 Å². The Hall–Kier alpha value is -1.56. The van der Waals surface area contributed by atoms with Crippen LogP contribution in [0, 0.1) is 17.4 Å². The van der Waals surface area contributed by atoms with Gasteiger partial charge in [0.2, 0.25) is 0 Å². The Kier molecular flexibility index (Phi) is 4.65. The van der Waals surface area contributed by atoms with Gasteiger partial charge in [-0.15, -0.1) is 0 Å². The number of carbonyl (C=O) groups is 1.